The first kappa shape index (κ1) is 19.6. The molecule has 0 saturated carbocycles. The number of nitrogens with zero attached hydrogens (tertiary/aromatic N) is 4. The van der Waals surface area contributed by atoms with Gasteiger partial charge in [0.15, 0.2) is 0 Å². The number of hydrogen-bond acceptors (Lipinski definition) is 7. The third-order valence-corrected chi connectivity index (χ3v) is 5.78. The van der Waals surface area contributed by atoms with Gasteiger partial charge in [-0.15, -0.1) is 16.4 Å². The number of aromatic nitrogens is 5. The summed E-state index contributed by atoms with van der Waals surface area (Å²) in [6.45, 7) is 1.84. The molecule has 0 spiro atoms. The number of thioether (sulfide) groups is 1. The highest BCUT2D eigenvalue weighted by Gasteiger charge is 2.31. The quantitative estimate of drug-likeness (QED) is 0.408. The van der Waals surface area contributed by atoms with Gasteiger partial charge in [-0.05, 0) is 30.5 Å². The molecule has 3 aromatic heterocycles. The topological polar surface area (TPSA) is 80.5 Å². The molecule has 1 atom stereocenters. The number of aromatic amines is 1. The Bertz CT molecular complexity index is 1090. The first-order chi connectivity index (χ1) is 13.9. The predicted octanol–water partition coefficient (Wildman–Crippen LogP) is 5.38. The minimum Gasteiger partial charge on any atom is -0.338 e. The van der Waals surface area contributed by atoms with Crippen molar-refractivity contribution < 1.29 is 17.7 Å². The first-order valence-corrected chi connectivity index (χ1v) is 10.3. The van der Waals surface area contributed by atoms with Crippen LogP contribution in [0.2, 0.25) is 0 Å². The van der Waals surface area contributed by atoms with E-state index in [2.05, 4.69) is 25.3 Å². The van der Waals surface area contributed by atoms with Crippen molar-refractivity contribution >= 4 is 23.1 Å². The normalized spacial score (nSPS) is 13.0. The van der Waals surface area contributed by atoms with Crippen LogP contribution in [0.3, 0.4) is 0 Å². The lowest BCUT2D eigenvalue weighted by Crippen LogP contribution is -2.04. The van der Waals surface area contributed by atoms with E-state index in [0.717, 1.165) is 18.0 Å². The molecule has 0 amide bonds. The Morgan fingerprint density at radius 2 is 2.07 bits per heavy atom. The second kappa shape index (κ2) is 7.99. The summed E-state index contributed by atoms with van der Waals surface area (Å²) in [5.74, 6) is 1.14. The molecule has 1 aromatic carbocycles. The van der Waals surface area contributed by atoms with Crippen molar-refractivity contribution in [1.82, 2.24) is 25.3 Å². The Morgan fingerprint density at radius 3 is 2.83 bits per heavy atom. The smallest absolute Gasteiger partial charge is 0.338 e. The highest BCUT2D eigenvalue weighted by atomic mass is 32.2. The molecule has 0 bridgehead atoms. The van der Waals surface area contributed by atoms with E-state index in [0.29, 0.717) is 11.6 Å². The average Bonchev–Trinajstić information content (AvgIpc) is 3.43. The molecule has 6 nitrogen and oxygen atoms in total. The van der Waals surface area contributed by atoms with Crippen molar-refractivity contribution in [3.05, 3.63) is 63.9 Å². The van der Waals surface area contributed by atoms with Gasteiger partial charge in [-0.3, -0.25) is 5.10 Å². The van der Waals surface area contributed by atoms with E-state index in [1.807, 2.05) is 24.4 Å². The van der Waals surface area contributed by atoms with Gasteiger partial charge >= 0.3 is 6.18 Å². The van der Waals surface area contributed by atoms with E-state index in [-0.39, 0.29) is 22.5 Å². The summed E-state index contributed by atoms with van der Waals surface area (Å²) >= 11 is 2.96. The molecule has 0 aliphatic heterocycles. The Labute approximate surface area is 171 Å². The van der Waals surface area contributed by atoms with Gasteiger partial charge in [-0.1, -0.05) is 35.1 Å². The average molecular weight is 437 g/mol. The van der Waals surface area contributed by atoms with Crippen LogP contribution in [-0.2, 0) is 12.6 Å². The van der Waals surface area contributed by atoms with Gasteiger partial charge in [-0.25, -0.2) is 4.98 Å². The zero-order valence-electron chi connectivity index (χ0n) is 15.0. The summed E-state index contributed by atoms with van der Waals surface area (Å²) in [5, 5.41) is 13.2. The maximum Gasteiger partial charge on any atom is 0.416 e. The Balaban J connectivity index is 1.45. The summed E-state index contributed by atoms with van der Waals surface area (Å²) < 4.78 is 43.9. The maximum atomic E-state index is 12.9. The summed E-state index contributed by atoms with van der Waals surface area (Å²) in [5.41, 5.74) is -0.522. The van der Waals surface area contributed by atoms with Crippen molar-refractivity contribution in [2.24, 2.45) is 0 Å². The van der Waals surface area contributed by atoms with Gasteiger partial charge in [0.25, 0.3) is 0 Å². The van der Waals surface area contributed by atoms with E-state index in [9.17, 15) is 13.2 Å². The second-order valence-corrected chi connectivity index (χ2v) is 8.46. The number of nitrogens with one attached hydrogen (secondary N) is 1. The van der Waals surface area contributed by atoms with Gasteiger partial charge < -0.3 is 4.52 Å². The lowest BCUT2D eigenvalue weighted by molar-refractivity contribution is -0.137. The lowest BCUT2D eigenvalue weighted by atomic mass is 10.1. The van der Waals surface area contributed by atoms with Gasteiger partial charge in [0.05, 0.1) is 10.8 Å². The SMILES string of the molecule is CC(Sc1n[nH]c(Cc2cccs2)n1)c1nc(-c2cccc(C(F)(F)F)c2)no1. The molecule has 1 N–H and O–H groups in total. The van der Waals surface area contributed by atoms with Crippen LogP contribution in [0, 0.1) is 0 Å². The van der Waals surface area contributed by atoms with E-state index in [4.69, 9.17) is 4.52 Å². The summed E-state index contributed by atoms with van der Waals surface area (Å²) in [6, 6.07) is 8.82. The predicted molar refractivity (Wildman–Crippen MR) is 103 cm³/mol. The van der Waals surface area contributed by atoms with Crippen LogP contribution in [0.15, 0.2) is 51.5 Å². The van der Waals surface area contributed by atoms with Crippen LogP contribution in [0.5, 0.6) is 0 Å². The fourth-order valence-corrected chi connectivity index (χ4v) is 4.03. The van der Waals surface area contributed by atoms with Gasteiger partial charge in [0.2, 0.25) is 16.9 Å². The first-order valence-electron chi connectivity index (χ1n) is 8.50. The molecule has 11 heteroatoms. The van der Waals surface area contributed by atoms with Crippen molar-refractivity contribution in [1.29, 1.82) is 0 Å². The molecule has 150 valence electrons. The minimum atomic E-state index is -4.43. The molecule has 0 fully saturated rings. The van der Waals surface area contributed by atoms with Crippen molar-refractivity contribution in [2.75, 3.05) is 0 Å². The van der Waals surface area contributed by atoms with Gasteiger partial charge in [-0.2, -0.15) is 18.2 Å². The molecule has 4 aromatic rings. The van der Waals surface area contributed by atoms with Gasteiger partial charge in [0, 0.05) is 16.9 Å². The summed E-state index contributed by atoms with van der Waals surface area (Å²) in [6.07, 6.45) is -3.77. The number of rotatable bonds is 6. The molecule has 4 rings (SSSR count). The molecular weight excluding hydrogens is 423 g/mol. The molecule has 3 heterocycles. The number of halogens is 3. The zero-order valence-corrected chi connectivity index (χ0v) is 16.6. The Kier molecular flexibility index (Phi) is 5.41. The van der Waals surface area contributed by atoms with Crippen LogP contribution < -0.4 is 0 Å². The Hall–Kier alpha value is -2.66. The maximum absolute atomic E-state index is 12.9. The number of H-pyrrole nitrogens is 1. The van der Waals surface area contributed by atoms with Crippen LogP contribution in [0.1, 0.15) is 34.3 Å². The van der Waals surface area contributed by atoms with Crippen LogP contribution in [0.25, 0.3) is 11.4 Å². The van der Waals surface area contributed by atoms with Crippen LogP contribution in [-0.4, -0.2) is 25.3 Å². The molecule has 0 saturated heterocycles. The molecule has 0 aliphatic rings. The minimum absolute atomic E-state index is 0.104. The summed E-state index contributed by atoms with van der Waals surface area (Å²) in [4.78, 5) is 9.85. The molecule has 29 heavy (non-hydrogen) atoms. The molecular formula is C18H14F3N5OS2. The van der Waals surface area contributed by atoms with E-state index >= 15 is 0 Å². The molecule has 0 aliphatic carbocycles. The van der Waals surface area contributed by atoms with Crippen molar-refractivity contribution in [2.45, 2.75) is 29.9 Å². The van der Waals surface area contributed by atoms with E-state index in [1.165, 1.54) is 28.8 Å². The van der Waals surface area contributed by atoms with E-state index in [1.54, 1.807) is 11.3 Å². The number of hydrogen-bond donors (Lipinski definition) is 1. The summed E-state index contributed by atoms with van der Waals surface area (Å²) in [7, 11) is 0. The standard InChI is InChI=1S/C18H14F3N5OS2/c1-10(29-17-22-14(24-25-17)9-13-6-3-7-28-13)16-23-15(26-27-16)11-4-2-5-12(8-11)18(19,20)21/h2-8,10H,9H2,1H3,(H,22,24,25). The number of benzene rings is 1. The van der Waals surface area contributed by atoms with Crippen LogP contribution >= 0.6 is 23.1 Å². The van der Waals surface area contributed by atoms with E-state index < -0.39 is 11.7 Å². The largest absolute Gasteiger partial charge is 0.416 e. The van der Waals surface area contributed by atoms with Crippen molar-refractivity contribution in [3.63, 3.8) is 0 Å². The molecule has 1 unspecified atom stereocenters. The lowest BCUT2D eigenvalue weighted by Gasteiger charge is -2.06. The Morgan fingerprint density at radius 1 is 1.21 bits per heavy atom. The third kappa shape index (κ3) is 4.67. The highest BCUT2D eigenvalue weighted by molar-refractivity contribution is 7.99. The molecule has 0 radical (unpaired) electrons. The second-order valence-electron chi connectivity index (χ2n) is 6.12. The third-order valence-electron chi connectivity index (χ3n) is 3.95. The zero-order chi connectivity index (χ0) is 20.4. The highest BCUT2D eigenvalue weighted by Crippen LogP contribution is 2.34. The fraction of sp³-hybridized carbons (Fsp3) is 0.222. The van der Waals surface area contributed by atoms with Gasteiger partial charge in [0.1, 0.15) is 5.82 Å². The fourth-order valence-electron chi connectivity index (χ4n) is 2.55. The van der Waals surface area contributed by atoms with Crippen LogP contribution in [0.4, 0.5) is 13.2 Å². The van der Waals surface area contributed by atoms with Crippen molar-refractivity contribution in [3.8, 4) is 11.4 Å². The number of alkyl halides is 3. The monoisotopic (exact) mass is 437 g/mol. The number of thiophene rings is 1.